The predicted molar refractivity (Wildman–Crippen MR) is 85.3 cm³/mol. The van der Waals surface area contributed by atoms with Crippen molar-refractivity contribution >= 4 is 0 Å². The largest absolute Gasteiger partial charge is 0.485 e. The molecule has 0 saturated heterocycles. The molecule has 0 amide bonds. The lowest BCUT2D eigenvalue weighted by atomic mass is 9.96. The number of ether oxygens (including phenoxy) is 1. The van der Waals surface area contributed by atoms with Crippen LogP contribution < -0.4 is 4.74 Å². The Morgan fingerprint density at radius 2 is 1.65 bits per heavy atom. The molecule has 0 aliphatic rings. The SMILES string of the molecule is C=CCC(Oc1ccccc1)c1cc(C)c(C)c(C)c1. The van der Waals surface area contributed by atoms with Gasteiger partial charge in [-0.05, 0) is 55.2 Å². The third-order valence-electron chi connectivity index (χ3n) is 3.72. The quantitative estimate of drug-likeness (QED) is 0.666. The molecule has 20 heavy (non-hydrogen) atoms. The molecule has 1 nitrogen and oxygen atoms in total. The lowest BCUT2D eigenvalue weighted by Crippen LogP contribution is -2.08. The first-order valence-corrected chi connectivity index (χ1v) is 7.02. The van der Waals surface area contributed by atoms with Gasteiger partial charge < -0.3 is 4.74 Å². The summed E-state index contributed by atoms with van der Waals surface area (Å²) in [7, 11) is 0. The number of aryl methyl sites for hydroxylation is 2. The summed E-state index contributed by atoms with van der Waals surface area (Å²) in [6, 6.07) is 14.4. The zero-order valence-corrected chi connectivity index (χ0v) is 12.5. The van der Waals surface area contributed by atoms with E-state index in [4.69, 9.17) is 4.74 Å². The van der Waals surface area contributed by atoms with Crippen LogP contribution in [0.2, 0.25) is 0 Å². The molecule has 0 radical (unpaired) electrons. The van der Waals surface area contributed by atoms with Gasteiger partial charge in [-0.2, -0.15) is 0 Å². The van der Waals surface area contributed by atoms with Crippen molar-refractivity contribution in [2.75, 3.05) is 0 Å². The lowest BCUT2D eigenvalue weighted by molar-refractivity contribution is 0.209. The van der Waals surface area contributed by atoms with E-state index in [-0.39, 0.29) is 6.10 Å². The summed E-state index contributed by atoms with van der Waals surface area (Å²) in [6.07, 6.45) is 2.74. The van der Waals surface area contributed by atoms with Crippen molar-refractivity contribution in [1.29, 1.82) is 0 Å². The highest BCUT2D eigenvalue weighted by atomic mass is 16.5. The minimum Gasteiger partial charge on any atom is -0.485 e. The third kappa shape index (κ3) is 3.30. The van der Waals surface area contributed by atoms with Crippen LogP contribution in [0.3, 0.4) is 0 Å². The Morgan fingerprint density at radius 1 is 1.05 bits per heavy atom. The molecule has 0 aliphatic heterocycles. The van der Waals surface area contributed by atoms with Crippen molar-refractivity contribution in [1.82, 2.24) is 0 Å². The Labute approximate surface area is 121 Å². The van der Waals surface area contributed by atoms with Crippen LogP contribution in [0.15, 0.2) is 55.1 Å². The predicted octanol–water partition coefficient (Wildman–Crippen LogP) is 5.31. The second kappa shape index (κ2) is 6.42. The van der Waals surface area contributed by atoms with Gasteiger partial charge in [0.05, 0.1) is 0 Å². The molecule has 2 aromatic rings. The topological polar surface area (TPSA) is 9.23 Å². The van der Waals surface area contributed by atoms with Gasteiger partial charge in [-0.25, -0.2) is 0 Å². The summed E-state index contributed by atoms with van der Waals surface area (Å²) in [5.41, 5.74) is 5.19. The normalized spacial score (nSPS) is 11.9. The fraction of sp³-hybridized carbons (Fsp3) is 0.263. The van der Waals surface area contributed by atoms with Crippen molar-refractivity contribution in [2.24, 2.45) is 0 Å². The first-order chi connectivity index (χ1) is 9.61. The van der Waals surface area contributed by atoms with Gasteiger partial charge in [-0.3, -0.25) is 0 Å². The van der Waals surface area contributed by atoms with Crippen molar-refractivity contribution in [3.8, 4) is 5.75 Å². The maximum Gasteiger partial charge on any atom is 0.127 e. The number of hydrogen-bond acceptors (Lipinski definition) is 1. The first-order valence-electron chi connectivity index (χ1n) is 7.02. The molecule has 1 unspecified atom stereocenters. The highest BCUT2D eigenvalue weighted by Gasteiger charge is 2.14. The molecule has 104 valence electrons. The number of rotatable bonds is 5. The highest BCUT2D eigenvalue weighted by molar-refractivity contribution is 5.38. The zero-order chi connectivity index (χ0) is 14.5. The van der Waals surface area contributed by atoms with Gasteiger partial charge in [0.15, 0.2) is 0 Å². The highest BCUT2D eigenvalue weighted by Crippen LogP contribution is 2.28. The molecule has 1 heteroatoms. The van der Waals surface area contributed by atoms with Crippen LogP contribution in [0, 0.1) is 20.8 Å². The molecule has 2 rings (SSSR count). The summed E-state index contributed by atoms with van der Waals surface area (Å²) < 4.78 is 6.12. The smallest absolute Gasteiger partial charge is 0.127 e. The Kier molecular flexibility index (Phi) is 4.62. The molecule has 2 aromatic carbocycles. The molecule has 0 saturated carbocycles. The van der Waals surface area contributed by atoms with Gasteiger partial charge >= 0.3 is 0 Å². The van der Waals surface area contributed by atoms with E-state index in [1.165, 1.54) is 22.3 Å². The molecule has 0 bridgehead atoms. The Morgan fingerprint density at radius 3 is 2.20 bits per heavy atom. The van der Waals surface area contributed by atoms with Crippen LogP contribution in [-0.2, 0) is 0 Å². The van der Waals surface area contributed by atoms with Crippen LogP contribution in [0.4, 0.5) is 0 Å². The average Bonchev–Trinajstić information content (AvgIpc) is 2.45. The van der Waals surface area contributed by atoms with Crippen LogP contribution >= 0.6 is 0 Å². The molecule has 0 aromatic heterocycles. The molecule has 0 fully saturated rings. The summed E-state index contributed by atoms with van der Waals surface area (Å²) in [5, 5.41) is 0. The molecule has 1 atom stereocenters. The van der Waals surface area contributed by atoms with Crippen LogP contribution in [0.25, 0.3) is 0 Å². The molecular formula is C19H22O. The summed E-state index contributed by atoms with van der Waals surface area (Å²) in [4.78, 5) is 0. The third-order valence-corrected chi connectivity index (χ3v) is 3.72. The van der Waals surface area contributed by atoms with E-state index >= 15 is 0 Å². The summed E-state index contributed by atoms with van der Waals surface area (Å²) in [6.45, 7) is 10.3. The Bertz CT molecular complexity index is 561. The van der Waals surface area contributed by atoms with Crippen molar-refractivity contribution in [2.45, 2.75) is 33.3 Å². The first kappa shape index (κ1) is 14.4. The van der Waals surface area contributed by atoms with Crippen LogP contribution in [0.1, 0.15) is 34.8 Å². The van der Waals surface area contributed by atoms with Gasteiger partial charge in [0.25, 0.3) is 0 Å². The van der Waals surface area contributed by atoms with Crippen molar-refractivity contribution in [3.63, 3.8) is 0 Å². The second-order valence-electron chi connectivity index (χ2n) is 5.22. The van der Waals surface area contributed by atoms with E-state index in [1.807, 2.05) is 36.4 Å². The zero-order valence-electron chi connectivity index (χ0n) is 12.5. The van der Waals surface area contributed by atoms with E-state index in [2.05, 4.69) is 39.5 Å². The van der Waals surface area contributed by atoms with E-state index in [9.17, 15) is 0 Å². The average molecular weight is 266 g/mol. The lowest BCUT2D eigenvalue weighted by Gasteiger charge is -2.20. The van der Waals surface area contributed by atoms with E-state index in [0.717, 1.165) is 12.2 Å². The number of para-hydroxylation sites is 1. The fourth-order valence-electron chi connectivity index (χ4n) is 2.32. The second-order valence-corrected chi connectivity index (χ2v) is 5.22. The Hall–Kier alpha value is -2.02. The maximum atomic E-state index is 6.12. The van der Waals surface area contributed by atoms with Gasteiger partial charge in [-0.1, -0.05) is 36.4 Å². The molecule has 0 spiro atoms. The van der Waals surface area contributed by atoms with Crippen molar-refractivity contribution < 1.29 is 4.74 Å². The van der Waals surface area contributed by atoms with Gasteiger partial charge in [0.1, 0.15) is 11.9 Å². The number of benzene rings is 2. The molecular weight excluding hydrogens is 244 g/mol. The van der Waals surface area contributed by atoms with Gasteiger partial charge in [0, 0.05) is 6.42 Å². The van der Waals surface area contributed by atoms with Crippen LogP contribution in [0.5, 0.6) is 5.75 Å². The molecule has 0 aliphatic carbocycles. The summed E-state index contributed by atoms with van der Waals surface area (Å²) in [5.74, 6) is 0.898. The van der Waals surface area contributed by atoms with Crippen LogP contribution in [-0.4, -0.2) is 0 Å². The maximum absolute atomic E-state index is 6.12. The monoisotopic (exact) mass is 266 g/mol. The van der Waals surface area contributed by atoms with E-state index in [0.29, 0.717) is 0 Å². The fourth-order valence-corrected chi connectivity index (χ4v) is 2.32. The minimum absolute atomic E-state index is 0.0212. The molecule has 0 heterocycles. The Balaban J connectivity index is 2.31. The minimum atomic E-state index is 0.0212. The summed E-state index contributed by atoms with van der Waals surface area (Å²) >= 11 is 0. The van der Waals surface area contributed by atoms with Crippen molar-refractivity contribution in [3.05, 3.63) is 77.4 Å². The van der Waals surface area contributed by atoms with Gasteiger partial charge in [0.2, 0.25) is 0 Å². The van der Waals surface area contributed by atoms with E-state index in [1.54, 1.807) is 0 Å². The van der Waals surface area contributed by atoms with E-state index < -0.39 is 0 Å². The van der Waals surface area contributed by atoms with Gasteiger partial charge in [-0.15, -0.1) is 6.58 Å². The standard InChI is InChI=1S/C19H22O/c1-5-9-19(20-18-10-7-6-8-11-18)17-12-14(2)16(4)15(3)13-17/h5-8,10-13,19H,1,9H2,2-4H3. The number of hydrogen-bond donors (Lipinski definition) is 0. The molecule has 0 N–H and O–H groups in total.